The number of nitrogens with two attached hydrogens (primary N) is 1. The number of nitrogens with zero attached hydrogens (tertiary/aromatic N) is 2. The average molecular weight is 546 g/mol. The topological polar surface area (TPSA) is 143 Å². The van der Waals surface area contributed by atoms with Gasteiger partial charge in [0, 0.05) is 18.8 Å². The summed E-state index contributed by atoms with van der Waals surface area (Å²) in [6.07, 6.45) is 0. The normalized spacial score (nSPS) is 25.6. The van der Waals surface area contributed by atoms with E-state index in [1.165, 1.54) is 31.3 Å². The second-order valence-corrected chi connectivity index (χ2v) is 9.76. The van der Waals surface area contributed by atoms with E-state index in [9.17, 15) is 30.4 Å². The van der Waals surface area contributed by atoms with Gasteiger partial charge in [-0.05, 0) is 50.2 Å². The molecule has 4 atom stereocenters. The zero-order valence-electron chi connectivity index (χ0n) is 16.0. The summed E-state index contributed by atoms with van der Waals surface area (Å²) in [4.78, 5) is 23.2. The lowest BCUT2D eigenvalue weighted by Crippen LogP contribution is -2.96. The van der Waals surface area contributed by atoms with E-state index in [1.54, 1.807) is 24.3 Å². The Morgan fingerprint density at radius 1 is 0.867 bits per heavy atom. The van der Waals surface area contributed by atoms with E-state index in [4.69, 9.17) is 0 Å². The van der Waals surface area contributed by atoms with Crippen LogP contribution in [-0.4, -0.2) is 32.1 Å². The molecule has 1 saturated heterocycles. The van der Waals surface area contributed by atoms with Gasteiger partial charge in [0.15, 0.2) is 12.1 Å². The van der Waals surface area contributed by atoms with Crippen molar-refractivity contribution in [1.29, 1.82) is 0 Å². The Balaban J connectivity index is 2.25. The van der Waals surface area contributed by atoms with Crippen LogP contribution in [0, 0.1) is 25.6 Å². The number of piperidine rings is 1. The number of nitro groups is 2. The van der Waals surface area contributed by atoms with E-state index < -0.39 is 39.4 Å². The molecule has 0 unspecified atom stereocenters. The number of phenols is 2. The first kappa shape index (κ1) is 22.4. The Labute approximate surface area is 188 Å². The Morgan fingerprint density at radius 3 is 1.57 bits per heavy atom. The van der Waals surface area contributed by atoms with Crippen LogP contribution in [0.2, 0.25) is 0 Å². The van der Waals surface area contributed by atoms with Crippen molar-refractivity contribution in [3.63, 3.8) is 0 Å². The SMILES string of the molecule is CC1(C)[C@@H]([N+](=O)[O-])[C@@H](c2cc(Br)ccc2O)[NH2+][C@H](c2cc(Br)ccc2O)[C@@H]1[N+](=O)[O-]. The first-order valence-electron chi connectivity index (χ1n) is 9.04. The summed E-state index contributed by atoms with van der Waals surface area (Å²) < 4.78 is 1.23. The molecule has 0 aliphatic carbocycles. The lowest BCUT2D eigenvalue weighted by molar-refractivity contribution is -0.818. The highest BCUT2D eigenvalue weighted by atomic mass is 79.9. The van der Waals surface area contributed by atoms with Gasteiger partial charge in [-0.1, -0.05) is 31.9 Å². The van der Waals surface area contributed by atoms with Crippen molar-refractivity contribution in [1.82, 2.24) is 0 Å². The highest BCUT2D eigenvalue weighted by Crippen LogP contribution is 2.46. The molecule has 0 amide bonds. The number of quaternary nitrogens is 1. The lowest BCUT2D eigenvalue weighted by atomic mass is 9.66. The Bertz CT molecular complexity index is 938. The van der Waals surface area contributed by atoms with Gasteiger partial charge in [0.1, 0.15) is 16.9 Å². The summed E-state index contributed by atoms with van der Waals surface area (Å²) in [5.74, 6) is -0.280. The van der Waals surface area contributed by atoms with Crippen molar-refractivity contribution in [3.05, 3.63) is 76.7 Å². The number of benzene rings is 2. The molecule has 0 aromatic heterocycles. The highest BCUT2D eigenvalue weighted by molar-refractivity contribution is 9.10. The summed E-state index contributed by atoms with van der Waals surface area (Å²) in [6, 6.07) is 4.62. The van der Waals surface area contributed by atoms with Crippen LogP contribution in [0.1, 0.15) is 37.1 Å². The third-order valence-corrected chi connectivity index (χ3v) is 6.76. The smallest absolute Gasteiger partial charge is 0.279 e. The zero-order valence-corrected chi connectivity index (χ0v) is 19.2. The predicted molar refractivity (Wildman–Crippen MR) is 114 cm³/mol. The number of hydrogen-bond donors (Lipinski definition) is 3. The van der Waals surface area contributed by atoms with Crippen molar-refractivity contribution in [2.75, 3.05) is 0 Å². The Morgan fingerprint density at radius 2 is 1.23 bits per heavy atom. The fourth-order valence-electron chi connectivity index (χ4n) is 4.47. The third-order valence-electron chi connectivity index (χ3n) is 5.77. The van der Waals surface area contributed by atoms with Crippen LogP contribution in [0.15, 0.2) is 45.3 Å². The minimum Gasteiger partial charge on any atom is -0.507 e. The van der Waals surface area contributed by atoms with Crippen molar-refractivity contribution < 1.29 is 25.4 Å². The van der Waals surface area contributed by atoms with Crippen LogP contribution >= 0.6 is 31.9 Å². The van der Waals surface area contributed by atoms with Crippen LogP contribution in [0.25, 0.3) is 0 Å². The maximum absolute atomic E-state index is 12.1. The summed E-state index contributed by atoms with van der Waals surface area (Å²) in [5.41, 5.74) is -0.818. The zero-order chi connectivity index (χ0) is 22.4. The molecule has 1 heterocycles. The monoisotopic (exact) mass is 544 g/mol. The molecule has 11 heteroatoms. The van der Waals surface area contributed by atoms with Gasteiger partial charge in [-0.15, -0.1) is 0 Å². The molecule has 160 valence electrons. The maximum atomic E-state index is 12.1. The number of aromatic hydroxyl groups is 2. The van der Waals surface area contributed by atoms with Crippen LogP contribution in [0.3, 0.4) is 0 Å². The molecule has 0 radical (unpaired) electrons. The quantitative estimate of drug-likeness (QED) is 0.397. The maximum Gasteiger partial charge on any atom is 0.279 e. The Kier molecular flexibility index (Phi) is 6.08. The first-order valence-corrected chi connectivity index (χ1v) is 10.6. The van der Waals surface area contributed by atoms with Crippen LogP contribution in [0.4, 0.5) is 0 Å². The molecule has 0 spiro atoms. The lowest BCUT2D eigenvalue weighted by Gasteiger charge is -2.41. The van der Waals surface area contributed by atoms with Crippen LogP contribution < -0.4 is 5.32 Å². The van der Waals surface area contributed by atoms with Gasteiger partial charge >= 0.3 is 0 Å². The fourth-order valence-corrected chi connectivity index (χ4v) is 5.23. The van der Waals surface area contributed by atoms with Crippen LogP contribution in [0.5, 0.6) is 11.5 Å². The number of phenolic OH excluding ortho intramolecular Hbond substituents is 2. The highest BCUT2D eigenvalue weighted by Gasteiger charge is 2.66. The van der Waals surface area contributed by atoms with Gasteiger partial charge in [0.25, 0.3) is 12.1 Å². The molecule has 1 aliphatic heterocycles. The van der Waals surface area contributed by atoms with Gasteiger partial charge in [0.05, 0.1) is 11.1 Å². The molecular formula is C19H20Br2N3O6+. The number of hydrogen-bond acceptors (Lipinski definition) is 6. The molecule has 0 saturated carbocycles. The molecule has 30 heavy (non-hydrogen) atoms. The van der Waals surface area contributed by atoms with E-state index in [-0.39, 0.29) is 11.5 Å². The van der Waals surface area contributed by atoms with Gasteiger partial charge in [-0.3, -0.25) is 20.2 Å². The van der Waals surface area contributed by atoms with E-state index >= 15 is 0 Å². The summed E-state index contributed by atoms with van der Waals surface area (Å²) in [6.45, 7) is 2.98. The van der Waals surface area contributed by atoms with Crippen LogP contribution in [-0.2, 0) is 0 Å². The van der Waals surface area contributed by atoms with Gasteiger partial charge in [-0.25, -0.2) is 0 Å². The molecule has 3 rings (SSSR count). The second-order valence-electron chi connectivity index (χ2n) is 7.93. The molecule has 1 aliphatic rings. The van der Waals surface area contributed by atoms with Gasteiger partial charge < -0.3 is 15.5 Å². The third kappa shape index (κ3) is 3.88. The van der Waals surface area contributed by atoms with Crippen molar-refractivity contribution in [3.8, 4) is 11.5 Å². The standard InChI is InChI=1S/C19H19Br2N3O6/c1-19(2)17(23(27)28)15(11-7-9(20)3-5-13(11)25)22-16(18(19)24(29)30)12-8-10(21)4-6-14(12)26/h3-8,15-18,22,25-26H,1-2H3/p+1/t15-,16-,17+,18+/m1/s1. The average Bonchev–Trinajstić information content (AvgIpc) is 2.63. The Hall–Kier alpha value is -2.24. The molecule has 2 aromatic rings. The summed E-state index contributed by atoms with van der Waals surface area (Å²) >= 11 is 6.63. The minimum atomic E-state index is -1.40. The molecule has 0 bridgehead atoms. The van der Waals surface area contributed by atoms with Crippen molar-refractivity contribution in [2.24, 2.45) is 5.41 Å². The van der Waals surface area contributed by atoms with Gasteiger partial charge in [0.2, 0.25) is 0 Å². The second kappa shape index (κ2) is 8.12. The molecule has 1 fully saturated rings. The number of halogens is 2. The van der Waals surface area contributed by atoms with Gasteiger partial charge in [-0.2, -0.15) is 0 Å². The molecule has 4 N–H and O–H groups in total. The number of rotatable bonds is 4. The summed E-state index contributed by atoms with van der Waals surface area (Å²) in [7, 11) is 0. The van der Waals surface area contributed by atoms with Crippen molar-refractivity contribution in [2.45, 2.75) is 38.0 Å². The first-order chi connectivity index (χ1) is 13.9. The molecular weight excluding hydrogens is 526 g/mol. The van der Waals surface area contributed by atoms with E-state index in [0.29, 0.717) is 20.1 Å². The summed E-state index contributed by atoms with van der Waals surface area (Å²) in [5, 5.41) is 46.6. The predicted octanol–water partition coefficient (Wildman–Crippen LogP) is 3.30. The van der Waals surface area contributed by atoms with Crippen molar-refractivity contribution >= 4 is 31.9 Å². The minimum absolute atomic E-state index is 0.140. The van der Waals surface area contributed by atoms with E-state index in [1.807, 2.05) is 0 Å². The fraction of sp³-hybridized carbons (Fsp3) is 0.368. The molecule has 2 aromatic carbocycles. The van der Waals surface area contributed by atoms with E-state index in [2.05, 4.69) is 31.9 Å². The van der Waals surface area contributed by atoms with E-state index in [0.717, 1.165) is 0 Å². The largest absolute Gasteiger partial charge is 0.507 e. The molecule has 9 nitrogen and oxygen atoms in total.